The van der Waals surface area contributed by atoms with Gasteiger partial charge in [0.1, 0.15) is 6.04 Å². The average Bonchev–Trinajstić information content (AvgIpc) is 2.57. The number of hydrogen-bond donors (Lipinski definition) is 5. The summed E-state index contributed by atoms with van der Waals surface area (Å²) in [5.74, 6) is -1.12. The van der Waals surface area contributed by atoms with E-state index < -0.39 is 12.1 Å². The average molecular weight is 329 g/mol. The minimum Gasteiger partial charge on any atom is -0.359 e. The van der Waals surface area contributed by atoms with Crippen LogP contribution in [0.15, 0.2) is 0 Å². The molecule has 9 nitrogen and oxygen atoms in total. The van der Waals surface area contributed by atoms with E-state index in [4.69, 9.17) is 0 Å². The first-order valence-corrected chi connectivity index (χ1v) is 7.49. The summed E-state index contributed by atoms with van der Waals surface area (Å²) < 4.78 is 0. The van der Waals surface area contributed by atoms with Crippen molar-refractivity contribution in [3.05, 3.63) is 0 Å². The van der Waals surface area contributed by atoms with Crippen LogP contribution in [0.2, 0.25) is 0 Å². The summed E-state index contributed by atoms with van der Waals surface area (Å²) in [6, 6.07) is -1.26. The molecule has 2 unspecified atom stereocenters. The number of amides is 4. The van der Waals surface area contributed by atoms with E-state index in [0.29, 0.717) is 6.42 Å². The van der Waals surface area contributed by atoms with Gasteiger partial charge in [0.2, 0.25) is 23.6 Å². The fourth-order valence-electron chi connectivity index (χ4n) is 1.97. The van der Waals surface area contributed by atoms with E-state index in [2.05, 4.69) is 26.6 Å². The predicted octanol–water partition coefficient (Wildman–Crippen LogP) is -2.14. The highest BCUT2D eigenvalue weighted by Crippen LogP contribution is 2.02. The van der Waals surface area contributed by atoms with Crippen LogP contribution in [0, 0.1) is 0 Å². The van der Waals surface area contributed by atoms with Crippen LogP contribution in [0.25, 0.3) is 0 Å². The van der Waals surface area contributed by atoms with E-state index in [1.54, 1.807) is 7.05 Å². The van der Waals surface area contributed by atoms with Gasteiger partial charge < -0.3 is 26.6 Å². The van der Waals surface area contributed by atoms with Crippen molar-refractivity contribution in [1.29, 1.82) is 0 Å². The zero-order valence-corrected chi connectivity index (χ0v) is 14.1. The van der Waals surface area contributed by atoms with Crippen molar-refractivity contribution in [2.75, 3.05) is 28.2 Å². The predicted molar refractivity (Wildman–Crippen MR) is 85.4 cm³/mol. The lowest BCUT2D eigenvalue weighted by molar-refractivity contribution is -0.130. The van der Waals surface area contributed by atoms with Crippen LogP contribution < -0.4 is 26.6 Å². The third-order valence-electron chi connectivity index (χ3n) is 3.41. The normalized spacial score (nSPS) is 12.7. The largest absolute Gasteiger partial charge is 0.359 e. The molecule has 0 aromatic heterocycles. The van der Waals surface area contributed by atoms with Crippen molar-refractivity contribution >= 4 is 23.6 Å². The Balaban J connectivity index is 4.50. The number of rotatable bonds is 10. The Morgan fingerprint density at radius 2 is 1.17 bits per heavy atom. The van der Waals surface area contributed by atoms with Gasteiger partial charge in [-0.3, -0.25) is 19.2 Å². The molecule has 4 amide bonds. The minimum atomic E-state index is -0.780. The lowest BCUT2D eigenvalue weighted by Crippen LogP contribution is -2.47. The second-order valence-corrected chi connectivity index (χ2v) is 4.94. The number of carbonyl (C=O) groups excluding carboxylic acids is 4. The Hall–Kier alpha value is -2.16. The molecule has 0 aromatic carbocycles. The van der Waals surface area contributed by atoms with Gasteiger partial charge in [-0.1, -0.05) is 0 Å². The monoisotopic (exact) mass is 329 g/mol. The molecule has 0 saturated carbocycles. The van der Waals surface area contributed by atoms with Crippen LogP contribution in [-0.4, -0.2) is 63.9 Å². The van der Waals surface area contributed by atoms with E-state index in [0.717, 1.165) is 0 Å². The van der Waals surface area contributed by atoms with E-state index in [9.17, 15) is 19.2 Å². The molecule has 0 aliphatic carbocycles. The summed E-state index contributed by atoms with van der Waals surface area (Å²) in [6.45, 7) is 0. The van der Waals surface area contributed by atoms with Crippen LogP contribution >= 0.6 is 0 Å². The topological polar surface area (TPSA) is 128 Å². The molecular weight excluding hydrogens is 302 g/mol. The van der Waals surface area contributed by atoms with E-state index in [-0.39, 0.29) is 42.9 Å². The highest BCUT2D eigenvalue weighted by atomic mass is 16.2. The lowest BCUT2D eigenvalue weighted by atomic mass is 10.1. The van der Waals surface area contributed by atoms with E-state index >= 15 is 0 Å². The van der Waals surface area contributed by atoms with Crippen LogP contribution in [0.4, 0.5) is 0 Å². The molecule has 0 spiro atoms. The summed E-state index contributed by atoms with van der Waals surface area (Å²) in [5.41, 5.74) is 0. The molecule has 0 saturated heterocycles. The standard InChI is InChI=1S/C14H27N5O4/c1-15-9(13(22)17-3)5-8-12(21)19-10(14(23)18-4)6-7-11(20)16-2/h9-10,15H,5-8H2,1-4H3,(H,16,20)(H,17,22)(H,18,23)(H,19,21). The van der Waals surface area contributed by atoms with E-state index in [1.165, 1.54) is 21.1 Å². The van der Waals surface area contributed by atoms with Crippen LogP contribution in [0.3, 0.4) is 0 Å². The number of nitrogens with one attached hydrogen (secondary N) is 5. The van der Waals surface area contributed by atoms with Crippen molar-refractivity contribution in [3.63, 3.8) is 0 Å². The second kappa shape index (κ2) is 11.4. The van der Waals surface area contributed by atoms with E-state index in [1.807, 2.05) is 0 Å². The molecule has 0 rings (SSSR count). The molecule has 0 aromatic rings. The third-order valence-corrected chi connectivity index (χ3v) is 3.41. The first-order chi connectivity index (χ1) is 10.9. The van der Waals surface area contributed by atoms with Crippen molar-refractivity contribution in [1.82, 2.24) is 26.6 Å². The van der Waals surface area contributed by atoms with Crippen LogP contribution in [0.5, 0.6) is 0 Å². The van der Waals surface area contributed by atoms with Gasteiger partial charge in [-0.25, -0.2) is 0 Å². The van der Waals surface area contributed by atoms with Crippen LogP contribution in [-0.2, 0) is 19.2 Å². The molecule has 23 heavy (non-hydrogen) atoms. The molecule has 0 aliphatic rings. The molecule has 5 N–H and O–H groups in total. The molecule has 132 valence electrons. The summed E-state index contributed by atoms with van der Waals surface area (Å²) >= 11 is 0. The van der Waals surface area contributed by atoms with Crippen molar-refractivity contribution < 1.29 is 19.2 Å². The van der Waals surface area contributed by atoms with Gasteiger partial charge in [-0.15, -0.1) is 0 Å². The van der Waals surface area contributed by atoms with Gasteiger partial charge in [0, 0.05) is 34.0 Å². The second-order valence-electron chi connectivity index (χ2n) is 4.94. The number of hydrogen-bond acceptors (Lipinski definition) is 5. The molecule has 0 radical (unpaired) electrons. The Morgan fingerprint density at radius 3 is 1.65 bits per heavy atom. The highest BCUT2D eigenvalue weighted by molar-refractivity contribution is 5.88. The fourth-order valence-corrected chi connectivity index (χ4v) is 1.97. The third kappa shape index (κ3) is 8.15. The Kier molecular flexibility index (Phi) is 10.3. The van der Waals surface area contributed by atoms with Gasteiger partial charge >= 0.3 is 0 Å². The lowest BCUT2D eigenvalue weighted by Gasteiger charge is -2.18. The van der Waals surface area contributed by atoms with Gasteiger partial charge in [-0.05, 0) is 19.9 Å². The minimum absolute atomic E-state index is 0.0897. The molecule has 0 heterocycles. The summed E-state index contributed by atoms with van der Waals surface area (Å²) in [7, 11) is 6.12. The van der Waals surface area contributed by atoms with Crippen molar-refractivity contribution in [2.24, 2.45) is 0 Å². The summed E-state index contributed by atoms with van der Waals surface area (Å²) in [5, 5.41) is 12.8. The quantitative estimate of drug-likeness (QED) is 0.312. The number of carbonyl (C=O) groups is 4. The summed E-state index contributed by atoms with van der Waals surface area (Å²) in [4.78, 5) is 46.5. The van der Waals surface area contributed by atoms with Gasteiger partial charge in [0.05, 0.1) is 6.04 Å². The molecule has 0 aliphatic heterocycles. The molecule has 9 heteroatoms. The maximum Gasteiger partial charge on any atom is 0.242 e. The van der Waals surface area contributed by atoms with Gasteiger partial charge in [0.25, 0.3) is 0 Å². The Labute approximate surface area is 136 Å². The van der Waals surface area contributed by atoms with Crippen LogP contribution in [0.1, 0.15) is 25.7 Å². The highest BCUT2D eigenvalue weighted by Gasteiger charge is 2.22. The Bertz CT molecular complexity index is 427. The maximum atomic E-state index is 12.0. The molecule has 0 fully saturated rings. The first kappa shape index (κ1) is 20.8. The van der Waals surface area contributed by atoms with Gasteiger partial charge in [0.15, 0.2) is 0 Å². The molecule has 0 bridgehead atoms. The Morgan fingerprint density at radius 1 is 0.696 bits per heavy atom. The number of likely N-dealkylation sites (N-methyl/N-ethyl adjacent to an activating group) is 3. The smallest absolute Gasteiger partial charge is 0.242 e. The van der Waals surface area contributed by atoms with Crippen molar-refractivity contribution in [3.8, 4) is 0 Å². The zero-order valence-electron chi connectivity index (χ0n) is 14.1. The van der Waals surface area contributed by atoms with Gasteiger partial charge in [-0.2, -0.15) is 0 Å². The molecule has 2 atom stereocenters. The SMILES string of the molecule is CNC(=O)CCC(NC(=O)CCC(NC)C(=O)NC)C(=O)NC. The first-order valence-electron chi connectivity index (χ1n) is 7.49. The molecular formula is C14H27N5O4. The van der Waals surface area contributed by atoms with Crippen molar-refractivity contribution in [2.45, 2.75) is 37.8 Å². The summed E-state index contributed by atoms with van der Waals surface area (Å²) in [6.07, 6.45) is 0.729. The maximum absolute atomic E-state index is 12.0. The fraction of sp³-hybridized carbons (Fsp3) is 0.714. The zero-order chi connectivity index (χ0) is 17.8.